The van der Waals surface area contributed by atoms with Crippen LogP contribution in [-0.2, 0) is 0 Å². The molecule has 1 aromatic rings. The standard InChI is InChI=1S/C16H25NO2/c1-12(2)15-6-5-14(9-13(15)3)19-8-7-17-10-16(4,18)11-17/h5-6,9,12,18H,7-8,10-11H2,1-4H3. The fourth-order valence-electron chi connectivity index (χ4n) is 2.75. The Labute approximate surface area is 116 Å². The van der Waals surface area contributed by atoms with Crippen molar-refractivity contribution in [3.05, 3.63) is 29.3 Å². The second kappa shape index (κ2) is 5.51. The van der Waals surface area contributed by atoms with Crippen molar-refractivity contribution in [2.45, 2.75) is 39.2 Å². The topological polar surface area (TPSA) is 32.7 Å². The summed E-state index contributed by atoms with van der Waals surface area (Å²) in [6, 6.07) is 6.32. The molecule has 1 saturated heterocycles. The van der Waals surface area contributed by atoms with Crippen molar-refractivity contribution in [2.75, 3.05) is 26.2 Å². The highest BCUT2D eigenvalue weighted by atomic mass is 16.5. The molecule has 0 aliphatic carbocycles. The van der Waals surface area contributed by atoms with Crippen molar-refractivity contribution in [3.63, 3.8) is 0 Å². The van der Waals surface area contributed by atoms with Crippen molar-refractivity contribution in [1.29, 1.82) is 0 Å². The summed E-state index contributed by atoms with van der Waals surface area (Å²) in [7, 11) is 0. The molecule has 0 amide bonds. The molecule has 1 aromatic carbocycles. The third kappa shape index (κ3) is 3.71. The van der Waals surface area contributed by atoms with Gasteiger partial charge in [0.05, 0.1) is 5.60 Å². The van der Waals surface area contributed by atoms with Gasteiger partial charge in [0, 0.05) is 19.6 Å². The average Bonchev–Trinajstić information content (AvgIpc) is 2.26. The minimum Gasteiger partial charge on any atom is -0.492 e. The van der Waals surface area contributed by atoms with E-state index in [2.05, 4.69) is 43.9 Å². The van der Waals surface area contributed by atoms with E-state index in [1.165, 1.54) is 11.1 Å². The number of ether oxygens (including phenoxy) is 1. The zero-order valence-electron chi connectivity index (χ0n) is 12.4. The number of hydrogen-bond donors (Lipinski definition) is 1. The van der Waals surface area contributed by atoms with Gasteiger partial charge in [-0.05, 0) is 43.0 Å². The molecule has 0 saturated carbocycles. The van der Waals surface area contributed by atoms with Gasteiger partial charge in [0.25, 0.3) is 0 Å². The maximum absolute atomic E-state index is 9.64. The van der Waals surface area contributed by atoms with Crippen LogP contribution in [0.4, 0.5) is 0 Å². The summed E-state index contributed by atoms with van der Waals surface area (Å²) in [5, 5.41) is 9.64. The van der Waals surface area contributed by atoms with Crippen LogP contribution in [0.15, 0.2) is 18.2 Å². The number of likely N-dealkylation sites (tertiary alicyclic amines) is 1. The molecule has 0 aromatic heterocycles. The molecular formula is C16H25NO2. The van der Waals surface area contributed by atoms with Gasteiger partial charge in [-0.2, -0.15) is 0 Å². The number of benzene rings is 1. The zero-order chi connectivity index (χ0) is 14.0. The third-order valence-corrected chi connectivity index (χ3v) is 3.67. The van der Waals surface area contributed by atoms with Gasteiger partial charge in [0.15, 0.2) is 0 Å². The molecule has 0 atom stereocenters. The van der Waals surface area contributed by atoms with Gasteiger partial charge in [0.2, 0.25) is 0 Å². The van der Waals surface area contributed by atoms with Crippen LogP contribution in [0.25, 0.3) is 0 Å². The van der Waals surface area contributed by atoms with E-state index in [1.807, 2.05) is 6.92 Å². The molecule has 0 bridgehead atoms. The summed E-state index contributed by atoms with van der Waals surface area (Å²) < 4.78 is 5.77. The molecule has 1 aliphatic rings. The number of hydrogen-bond acceptors (Lipinski definition) is 3. The van der Waals surface area contributed by atoms with Crippen LogP contribution in [0.1, 0.15) is 37.8 Å². The fraction of sp³-hybridized carbons (Fsp3) is 0.625. The van der Waals surface area contributed by atoms with Crippen molar-refractivity contribution in [1.82, 2.24) is 4.90 Å². The van der Waals surface area contributed by atoms with Crippen LogP contribution in [0.5, 0.6) is 5.75 Å². The lowest BCUT2D eigenvalue weighted by Gasteiger charge is -2.44. The SMILES string of the molecule is Cc1cc(OCCN2CC(C)(O)C2)ccc1C(C)C. The number of β-amino-alcohol motifs (C(OH)–C–C–N with tert-alkyl or cyclic N) is 1. The van der Waals surface area contributed by atoms with Crippen molar-refractivity contribution in [2.24, 2.45) is 0 Å². The lowest BCUT2D eigenvalue weighted by atomic mass is 9.97. The Hall–Kier alpha value is -1.06. The van der Waals surface area contributed by atoms with Crippen molar-refractivity contribution >= 4 is 0 Å². The minimum absolute atomic E-state index is 0.491. The lowest BCUT2D eigenvalue weighted by molar-refractivity contribution is -0.0859. The van der Waals surface area contributed by atoms with Crippen LogP contribution in [0.3, 0.4) is 0 Å². The molecule has 0 unspecified atom stereocenters. The van der Waals surface area contributed by atoms with Gasteiger partial charge < -0.3 is 9.84 Å². The molecule has 1 N–H and O–H groups in total. The van der Waals surface area contributed by atoms with E-state index in [0.717, 1.165) is 25.4 Å². The monoisotopic (exact) mass is 263 g/mol. The van der Waals surface area contributed by atoms with Crippen LogP contribution >= 0.6 is 0 Å². The highest BCUT2D eigenvalue weighted by Gasteiger charge is 2.35. The Morgan fingerprint density at radius 3 is 2.58 bits per heavy atom. The first-order valence-electron chi connectivity index (χ1n) is 7.05. The van der Waals surface area contributed by atoms with E-state index < -0.39 is 5.60 Å². The van der Waals surface area contributed by atoms with E-state index >= 15 is 0 Å². The number of aliphatic hydroxyl groups is 1. The molecule has 1 aliphatic heterocycles. The molecule has 2 rings (SSSR count). The fourth-order valence-corrected chi connectivity index (χ4v) is 2.75. The van der Waals surface area contributed by atoms with Gasteiger partial charge in [0.1, 0.15) is 12.4 Å². The quantitative estimate of drug-likeness (QED) is 0.886. The highest BCUT2D eigenvalue weighted by molar-refractivity contribution is 5.36. The minimum atomic E-state index is -0.491. The second-order valence-corrected chi connectivity index (χ2v) is 6.23. The summed E-state index contributed by atoms with van der Waals surface area (Å²) >= 11 is 0. The molecule has 19 heavy (non-hydrogen) atoms. The zero-order valence-corrected chi connectivity index (χ0v) is 12.4. The highest BCUT2D eigenvalue weighted by Crippen LogP contribution is 2.24. The maximum Gasteiger partial charge on any atom is 0.119 e. The summed E-state index contributed by atoms with van der Waals surface area (Å²) in [5.41, 5.74) is 2.18. The Bertz CT molecular complexity index is 432. The first kappa shape index (κ1) is 14.4. The first-order chi connectivity index (χ1) is 8.87. The van der Waals surface area contributed by atoms with E-state index in [0.29, 0.717) is 12.5 Å². The van der Waals surface area contributed by atoms with Crippen LogP contribution in [0, 0.1) is 6.92 Å². The van der Waals surface area contributed by atoms with E-state index in [-0.39, 0.29) is 0 Å². The predicted molar refractivity (Wildman–Crippen MR) is 77.8 cm³/mol. The van der Waals surface area contributed by atoms with Crippen LogP contribution < -0.4 is 4.74 Å². The first-order valence-corrected chi connectivity index (χ1v) is 7.05. The summed E-state index contributed by atoms with van der Waals surface area (Å²) in [6.45, 7) is 11.5. The van der Waals surface area contributed by atoms with Gasteiger partial charge >= 0.3 is 0 Å². The Morgan fingerprint density at radius 2 is 2.05 bits per heavy atom. The van der Waals surface area contributed by atoms with Gasteiger partial charge in [-0.1, -0.05) is 19.9 Å². The largest absolute Gasteiger partial charge is 0.492 e. The van der Waals surface area contributed by atoms with Gasteiger partial charge in [-0.3, -0.25) is 4.90 Å². The third-order valence-electron chi connectivity index (χ3n) is 3.67. The lowest BCUT2D eigenvalue weighted by Crippen LogP contribution is -2.60. The molecule has 1 heterocycles. The Balaban J connectivity index is 1.79. The molecule has 3 nitrogen and oxygen atoms in total. The van der Waals surface area contributed by atoms with Crippen molar-refractivity contribution < 1.29 is 9.84 Å². The van der Waals surface area contributed by atoms with E-state index in [9.17, 15) is 5.11 Å². The van der Waals surface area contributed by atoms with Gasteiger partial charge in [-0.25, -0.2) is 0 Å². The molecule has 106 valence electrons. The van der Waals surface area contributed by atoms with E-state index in [4.69, 9.17) is 4.74 Å². The van der Waals surface area contributed by atoms with Gasteiger partial charge in [-0.15, -0.1) is 0 Å². The Kier molecular flexibility index (Phi) is 4.16. The second-order valence-electron chi connectivity index (χ2n) is 6.23. The molecule has 1 fully saturated rings. The predicted octanol–water partition coefficient (Wildman–Crippen LogP) is 2.56. The number of aryl methyl sites for hydroxylation is 1. The van der Waals surface area contributed by atoms with Crippen molar-refractivity contribution in [3.8, 4) is 5.75 Å². The summed E-state index contributed by atoms with van der Waals surface area (Å²) in [5.74, 6) is 1.49. The number of rotatable bonds is 5. The summed E-state index contributed by atoms with van der Waals surface area (Å²) in [4.78, 5) is 2.20. The molecule has 0 spiro atoms. The number of nitrogens with zero attached hydrogens (tertiary/aromatic N) is 1. The summed E-state index contributed by atoms with van der Waals surface area (Å²) in [6.07, 6.45) is 0. The molecular weight excluding hydrogens is 238 g/mol. The average molecular weight is 263 g/mol. The maximum atomic E-state index is 9.64. The van der Waals surface area contributed by atoms with E-state index in [1.54, 1.807) is 0 Å². The molecule has 0 radical (unpaired) electrons. The molecule has 3 heteroatoms. The van der Waals surface area contributed by atoms with Crippen LogP contribution in [0.2, 0.25) is 0 Å². The Morgan fingerprint density at radius 1 is 1.37 bits per heavy atom. The van der Waals surface area contributed by atoms with Crippen LogP contribution in [-0.4, -0.2) is 41.8 Å². The smallest absolute Gasteiger partial charge is 0.119 e. The normalized spacial score (nSPS) is 18.4.